The normalized spacial score (nSPS) is 15.8. The fraction of sp³-hybridized carbons (Fsp3) is 0.250. The number of H-pyrrole nitrogens is 1. The molecule has 33 heavy (non-hydrogen) atoms. The van der Waals surface area contributed by atoms with E-state index in [4.69, 9.17) is 4.42 Å². The third-order valence-electron chi connectivity index (χ3n) is 6.09. The van der Waals surface area contributed by atoms with Crippen LogP contribution in [0.4, 0.5) is 0 Å². The molecule has 5 heteroatoms. The van der Waals surface area contributed by atoms with E-state index in [9.17, 15) is 9.90 Å². The van der Waals surface area contributed by atoms with E-state index in [0.717, 1.165) is 28.8 Å². The number of aromatic amines is 1. The van der Waals surface area contributed by atoms with Crippen molar-refractivity contribution in [1.82, 2.24) is 9.88 Å². The van der Waals surface area contributed by atoms with Crippen LogP contribution in [0.2, 0.25) is 0 Å². The third kappa shape index (κ3) is 3.94. The number of carbonyl (C=O) groups excluding carboxylic acids is 1. The van der Waals surface area contributed by atoms with Crippen molar-refractivity contribution in [1.29, 1.82) is 0 Å². The molecule has 0 radical (unpaired) electrons. The lowest BCUT2D eigenvalue weighted by Gasteiger charge is -2.36. The van der Waals surface area contributed by atoms with Crippen molar-refractivity contribution in [2.75, 3.05) is 6.54 Å². The first-order valence-corrected chi connectivity index (χ1v) is 11.1. The first-order valence-electron chi connectivity index (χ1n) is 11.1. The maximum Gasteiger partial charge on any atom is 0.290 e. The van der Waals surface area contributed by atoms with Crippen molar-refractivity contribution in [3.8, 4) is 11.8 Å². The van der Waals surface area contributed by atoms with Crippen LogP contribution in [0, 0.1) is 18.8 Å². The van der Waals surface area contributed by atoms with Gasteiger partial charge in [-0.25, -0.2) is 0 Å². The minimum absolute atomic E-state index is 0.177. The average molecular weight is 439 g/mol. The number of aliphatic hydroxyl groups is 1. The van der Waals surface area contributed by atoms with Gasteiger partial charge in [0, 0.05) is 23.1 Å². The van der Waals surface area contributed by atoms with Gasteiger partial charge < -0.3 is 19.4 Å². The number of aromatic nitrogens is 1. The summed E-state index contributed by atoms with van der Waals surface area (Å²) in [5.74, 6) is 5.95. The monoisotopic (exact) mass is 438 g/mol. The number of fused-ring (bicyclic) bond motifs is 3. The predicted molar refractivity (Wildman–Crippen MR) is 128 cm³/mol. The van der Waals surface area contributed by atoms with Crippen LogP contribution in [0.15, 0.2) is 65.1 Å². The Morgan fingerprint density at radius 3 is 2.67 bits per heavy atom. The Balaban J connectivity index is 1.58. The fourth-order valence-corrected chi connectivity index (χ4v) is 4.55. The number of nitrogens with one attached hydrogen (secondary N) is 1. The molecule has 1 aliphatic heterocycles. The molecular weight excluding hydrogens is 412 g/mol. The molecule has 2 aromatic heterocycles. The van der Waals surface area contributed by atoms with Crippen LogP contribution in [0.3, 0.4) is 0 Å². The van der Waals surface area contributed by atoms with Gasteiger partial charge in [-0.2, -0.15) is 0 Å². The van der Waals surface area contributed by atoms with E-state index in [0.29, 0.717) is 12.3 Å². The highest BCUT2D eigenvalue weighted by atomic mass is 16.4. The minimum atomic E-state index is -1.13. The SMILES string of the molecule is Cc1ccccc1C1c2[nH]c3ccccc3c2CCN1C(=O)c1ccc(C#CC(C)(C)O)o1. The molecule has 1 aliphatic rings. The molecule has 0 saturated heterocycles. The van der Waals surface area contributed by atoms with E-state index in [1.165, 1.54) is 10.9 Å². The standard InChI is InChI=1S/C28H26N2O3/c1-18-8-4-5-9-20(18)26-25-22(21-10-6-7-11-23(21)29-25)15-17-30(26)27(31)24-13-12-19(33-24)14-16-28(2,3)32/h4-13,26,29,32H,15,17H2,1-3H3. The van der Waals surface area contributed by atoms with Gasteiger partial charge in [-0.3, -0.25) is 4.79 Å². The molecule has 0 saturated carbocycles. The molecule has 0 bridgehead atoms. The minimum Gasteiger partial charge on any atom is -0.443 e. The zero-order valence-corrected chi connectivity index (χ0v) is 19.0. The Morgan fingerprint density at radius 1 is 1.12 bits per heavy atom. The van der Waals surface area contributed by atoms with Crippen LogP contribution >= 0.6 is 0 Å². The van der Waals surface area contributed by atoms with E-state index < -0.39 is 5.60 Å². The van der Waals surface area contributed by atoms with Gasteiger partial charge in [0.05, 0.1) is 6.04 Å². The number of hydrogen-bond donors (Lipinski definition) is 2. The van der Waals surface area contributed by atoms with E-state index in [-0.39, 0.29) is 17.7 Å². The van der Waals surface area contributed by atoms with Crippen LogP contribution < -0.4 is 0 Å². The summed E-state index contributed by atoms with van der Waals surface area (Å²) in [5, 5.41) is 11.1. The lowest BCUT2D eigenvalue weighted by atomic mass is 9.90. The number of benzene rings is 2. The van der Waals surface area contributed by atoms with Crippen molar-refractivity contribution in [3.05, 3.63) is 94.6 Å². The molecule has 5 rings (SSSR count). The molecule has 1 amide bonds. The highest BCUT2D eigenvalue weighted by molar-refractivity contribution is 5.93. The van der Waals surface area contributed by atoms with E-state index >= 15 is 0 Å². The Bertz CT molecular complexity index is 1410. The summed E-state index contributed by atoms with van der Waals surface area (Å²) in [6.45, 7) is 5.87. The summed E-state index contributed by atoms with van der Waals surface area (Å²) in [6.07, 6.45) is 0.763. The lowest BCUT2D eigenvalue weighted by molar-refractivity contribution is 0.0658. The molecule has 1 unspecified atom stereocenters. The van der Waals surface area contributed by atoms with Gasteiger partial charge in [-0.05, 0) is 68.0 Å². The largest absolute Gasteiger partial charge is 0.443 e. The molecule has 2 aromatic carbocycles. The Kier molecular flexibility index (Phi) is 5.11. The maximum absolute atomic E-state index is 13.7. The number of rotatable bonds is 2. The van der Waals surface area contributed by atoms with Crippen molar-refractivity contribution >= 4 is 16.8 Å². The highest BCUT2D eigenvalue weighted by Gasteiger charge is 2.36. The van der Waals surface area contributed by atoms with Crippen molar-refractivity contribution in [2.45, 2.75) is 38.8 Å². The first kappa shape index (κ1) is 21.1. The second-order valence-electron chi connectivity index (χ2n) is 9.04. The van der Waals surface area contributed by atoms with Crippen LogP contribution in [-0.2, 0) is 6.42 Å². The smallest absolute Gasteiger partial charge is 0.290 e. The molecule has 2 N–H and O–H groups in total. The predicted octanol–water partition coefficient (Wildman–Crippen LogP) is 4.98. The van der Waals surface area contributed by atoms with Crippen LogP contribution in [0.1, 0.15) is 58.6 Å². The summed E-state index contributed by atoms with van der Waals surface area (Å²) in [7, 11) is 0. The number of amides is 1. The summed E-state index contributed by atoms with van der Waals surface area (Å²) in [5.41, 5.74) is 4.48. The number of carbonyl (C=O) groups is 1. The number of nitrogens with zero attached hydrogens (tertiary/aromatic N) is 1. The average Bonchev–Trinajstić information content (AvgIpc) is 3.41. The molecule has 166 valence electrons. The van der Waals surface area contributed by atoms with Crippen LogP contribution in [-0.4, -0.2) is 33.0 Å². The van der Waals surface area contributed by atoms with Gasteiger partial charge in [-0.15, -0.1) is 0 Å². The Hall–Kier alpha value is -3.75. The molecule has 4 aromatic rings. The quantitative estimate of drug-likeness (QED) is 0.434. The zero-order valence-electron chi connectivity index (χ0n) is 19.0. The fourth-order valence-electron chi connectivity index (χ4n) is 4.55. The van der Waals surface area contributed by atoms with Crippen LogP contribution in [0.5, 0.6) is 0 Å². The first-order chi connectivity index (χ1) is 15.8. The molecule has 0 aliphatic carbocycles. The lowest BCUT2D eigenvalue weighted by Crippen LogP contribution is -2.40. The van der Waals surface area contributed by atoms with Gasteiger partial charge in [0.2, 0.25) is 0 Å². The molecule has 5 nitrogen and oxygen atoms in total. The topological polar surface area (TPSA) is 69.5 Å². The zero-order chi connectivity index (χ0) is 23.2. The van der Waals surface area contributed by atoms with Crippen molar-refractivity contribution < 1.29 is 14.3 Å². The molecule has 0 spiro atoms. The summed E-state index contributed by atoms with van der Waals surface area (Å²) in [6, 6.07) is 19.6. The Morgan fingerprint density at radius 2 is 1.88 bits per heavy atom. The molecular formula is C28H26N2O3. The Labute approximate surface area is 193 Å². The van der Waals surface area contributed by atoms with Gasteiger partial charge in [-0.1, -0.05) is 48.4 Å². The number of hydrogen-bond acceptors (Lipinski definition) is 3. The summed E-state index contributed by atoms with van der Waals surface area (Å²) in [4.78, 5) is 19.1. The summed E-state index contributed by atoms with van der Waals surface area (Å²) >= 11 is 0. The maximum atomic E-state index is 13.7. The number of furan rings is 1. The highest BCUT2D eigenvalue weighted by Crippen LogP contribution is 2.40. The van der Waals surface area contributed by atoms with Crippen molar-refractivity contribution in [2.24, 2.45) is 0 Å². The third-order valence-corrected chi connectivity index (χ3v) is 6.09. The van der Waals surface area contributed by atoms with E-state index in [1.807, 2.05) is 23.1 Å². The van der Waals surface area contributed by atoms with Gasteiger partial charge in [0.25, 0.3) is 5.91 Å². The number of para-hydroxylation sites is 1. The molecule has 3 heterocycles. The summed E-state index contributed by atoms with van der Waals surface area (Å²) < 4.78 is 5.77. The second kappa shape index (κ2) is 7.99. The van der Waals surface area contributed by atoms with E-state index in [1.54, 1.807) is 26.0 Å². The molecule has 0 fully saturated rings. The molecule has 1 atom stereocenters. The van der Waals surface area contributed by atoms with Gasteiger partial charge >= 0.3 is 0 Å². The van der Waals surface area contributed by atoms with Crippen molar-refractivity contribution in [3.63, 3.8) is 0 Å². The van der Waals surface area contributed by atoms with E-state index in [2.05, 4.69) is 54.1 Å². The second-order valence-corrected chi connectivity index (χ2v) is 9.04. The van der Waals surface area contributed by atoms with Gasteiger partial charge in [0.1, 0.15) is 5.60 Å². The number of aryl methyl sites for hydroxylation is 1. The van der Waals surface area contributed by atoms with Crippen LogP contribution in [0.25, 0.3) is 10.9 Å². The van der Waals surface area contributed by atoms with Gasteiger partial charge in [0.15, 0.2) is 11.5 Å².